The molecule has 0 saturated heterocycles. The number of benzene rings is 1. The van der Waals surface area contributed by atoms with Gasteiger partial charge >= 0.3 is 0 Å². The van der Waals surface area contributed by atoms with E-state index in [0.717, 1.165) is 46.6 Å². The van der Waals surface area contributed by atoms with Crippen molar-refractivity contribution in [2.45, 2.75) is 18.9 Å². The molecular weight excluding hydrogens is 481 g/mol. The molecule has 0 saturated carbocycles. The highest BCUT2D eigenvalue weighted by Crippen LogP contribution is 2.36. The summed E-state index contributed by atoms with van der Waals surface area (Å²) in [6.07, 6.45) is 2.98. The van der Waals surface area contributed by atoms with Crippen molar-refractivity contribution in [2.24, 2.45) is 0 Å². The van der Waals surface area contributed by atoms with Gasteiger partial charge in [-0.15, -0.1) is 16.4 Å². The minimum Gasteiger partial charge on any atom is -0.339 e. The smallest absolute Gasteiger partial charge is 0.252 e. The Labute approximate surface area is 201 Å². The minimum atomic E-state index is -0.214. The SMILES string of the molecule is O=c1cc(-c2cc(Cl)ccc2-n2cnnn2)cc2n1[C@H](c1nc(Cl)c(-c3c[c]sc3)[nH]1)CC2. The van der Waals surface area contributed by atoms with Gasteiger partial charge in [-0.25, -0.2) is 4.98 Å². The number of aryl methyl sites for hydroxylation is 1. The number of halogens is 2. The molecule has 1 aliphatic heterocycles. The molecule has 11 heteroatoms. The number of rotatable bonds is 4. The van der Waals surface area contributed by atoms with E-state index < -0.39 is 0 Å². The lowest BCUT2D eigenvalue weighted by atomic mass is 10.0. The zero-order chi connectivity index (χ0) is 22.5. The lowest BCUT2D eigenvalue weighted by Crippen LogP contribution is -2.24. The van der Waals surface area contributed by atoms with E-state index in [1.165, 1.54) is 17.7 Å². The maximum absolute atomic E-state index is 13.3. The fraction of sp³-hybridized carbons (Fsp3) is 0.136. The van der Waals surface area contributed by atoms with Gasteiger partial charge in [0.15, 0.2) is 5.15 Å². The lowest BCUT2D eigenvalue weighted by molar-refractivity contribution is 0.572. The lowest BCUT2D eigenvalue weighted by Gasteiger charge is -2.15. The molecule has 163 valence electrons. The van der Waals surface area contributed by atoms with Crippen molar-refractivity contribution in [3.05, 3.63) is 85.5 Å². The van der Waals surface area contributed by atoms with Crippen molar-refractivity contribution in [2.75, 3.05) is 0 Å². The predicted molar refractivity (Wildman–Crippen MR) is 126 cm³/mol. The van der Waals surface area contributed by atoms with Gasteiger partial charge in [0.05, 0.1) is 17.4 Å². The molecule has 8 nitrogen and oxygen atoms in total. The highest BCUT2D eigenvalue weighted by atomic mass is 35.5. The number of nitrogens with one attached hydrogen (secondary N) is 1. The van der Waals surface area contributed by atoms with Crippen LogP contribution in [0.1, 0.15) is 24.0 Å². The third-order valence-corrected chi connectivity index (χ3v) is 6.88. The van der Waals surface area contributed by atoms with Crippen LogP contribution in [0.25, 0.3) is 28.1 Å². The number of imidazole rings is 1. The van der Waals surface area contributed by atoms with Gasteiger partial charge in [-0.2, -0.15) is 4.68 Å². The van der Waals surface area contributed by atoms with Crippen LogP contribution < -0.4 is 5.56 Å². The topological polar surface area (TPSA) is 94.3 Å². The Kier molecular flexibility index (Phi) is 4.90. The fourth-order valence-electron chi connectivity index (χ4n) is 4.30. The molecule has 0 bridgehead atoms. The van der Waals surface area contributed by atoms with Crippen LogP contribution >= 0.6 is 34.5 Å². The number of H-pyrrole nitrogens is 1. The number of nitrogens with zero attached hydrogens (tertiary/aromatic N) is 6. The molecule has 0 amide bonds. The van der Waals surface area contributed by atoms with Gasteiger partial charge in [-0.05, 0) is 59.2 Å². The van der Waals surface area contributed by atoms with Crippen LogP contribution in [0.5, 0.6) is 0 Å². The standard InChI is InChI=1S/C22H14Cl2N7OS/c23-14-1-3-17(30-11-25-28-29-30)16(9-14)13-7-15-2-4-18(31(15)19(32)8-13)22-26-20(21(24)27-22)12-5-6-33-10-12/h1,3,5,7-11,18H,2,4H2,(H,26,27)/t18-/m0/s1. The van der Waals surface area contributed by atoms with Gasteiger partial charge in [0, 0.05) is 38.7 Å². The maximum Gasteiger partial charge on any atom is 0.252 e. The third kappa shape index (κ3) is 3.49. The van der Waals surface area contributed by atoms with Gasteiger partial charge in [0.25, 0.3) is 5.56 Å². The van der Waals surface area contributed by atoms with E-state index in [0.29, 0.717) is 16.0 Å². The Bertz CT molecular complexity index is 1520. The third-order valence-electron chi connectivity index (χ3n) is 5.75. The molecule has 0 spiro atoms. The van der Waals surface area contributed by atoms with Crippen LogP contribution in [0.3, 0.4) is 0 Å². The first-order valence-electron chi connectivity index (χ1n) is 10.1. The summed E-state index contributed by atoms with van der Waals surface area (Å²) in [6.45, 7) is 0. The summed E-state index contributed by atoms with van der Waals surface area (Å²) in [5, 5.41) is 17.4. The Morgan fingerprint density at radius 1 is 1.18 bits per heavy atom. The van der Waals surface area contributed by atoms with Gasteiger partial charge in [0.2, 0.25) is 0 Å². The van der Waals surface area contributed by atoms with Crippen LogP contribution in [0.15, 0.2) is 52.9 Å². The van der Waals surface area contributed by atoms with E-state index in [1.807, 2.05) is 29.6 Å². The largest absolute Gasteiger partial charge is 0.339 e. The predicted octanol–water partition coefficient (Wildman–Crippen LogP) is 4.59. The second kappa shape index (κ2) is 7.95. The summed E-state index contributed by atoms with van der Waals surface area (Å²) in [7, 11) is 0. The Hall–Kier alpha value is -3.27. The number of hydrogen-bond donors (Lipinski definition) is 1. The first-order valence-corrected chi connectivity index (χ1v) is 11.7. The first kappa shape index (κ1) is 20.3. The summed E-state index contributed by atoms with van der Waals surface area (Å²) in [5.74, 6) is 0.673. The van der Waals surface area contributed by atoms with E-state index >= 15 is 0 Å². The van der Waals surface area contributed by atoms with E-state index in [4.69, 9.17) is 23.2 Å². The molecule has 0 unspecified atom stereocenters. The summed E-state index contributed by atoms with van der Waals surface area (Å²) in [6, 6.07) is 10.7. The molecule has 4 aromatic heterocycles. The van der Waals surface area contributed by atoms with Crippen molar-refractivity contribution in [3.63, 3.8) is 0 Å². The highest BCUT2D eigenvalue weighted by molar-refractivity contribution is 7.07. The Morgan fingerprint density at radius 3 is 2.88 bits per heavy atom. The van der Waals surface area contributed by atoms with Crippen molar-refractivity contribution in [3.8, 4) is 28.1 Å². The Morgan fingerprint density at radius 2 is 2.09 bits per heavy atom. The van der Waals surface area contributed by atoms with E-state index in [1.54, 1.807) is 21.4 Å². The fourth-order valence-corrected chi connectivity index (χ4v) is 5.29. The normalized spacial score (nSPS) is 15.2. The van der Waals surface area contributed by atoms with Crippen molar-refractivity contribution < 1.29 is 0 Å². The molecule has 6 rings (SSSR count). The van der Waals surface area contributed by atoms with Crippen molar-refractivity contribution in [1.29, 1.82) is 0 Å². The summed E-state index contributed by atoms with van der Waals surface area (Å²) >= 11 is 14.1. The molecule has 1 atom stereocenters. The molecular formula is C22H14Cl2N7OS. The molecule has 1 aromatic carbocycles. The van der Waals surface area contributed by atoms with Crippen LogP contribution in [0.4, 0.5) is 0 Å². The number of pyridine rings is 1. The van der Waals surface area contributed by atoms with Crippen LogP contribution in [-0.2, 0) is 6.42 Å². The highest BCUT2D eigenvalue weighted by Gasteiger charge is 2.29. The number of tetrazole rings is 1. The Balaban J connectivity index is 1.43. The number of aromatic nitrogens is 7. The molecule has 5 heterocycles. The number of fused-ring (bicyclic) bond motifs is 1. The maximum atomic E-state index is 13.3. The summed E-state index contributed by atoms with van der Waals surface area (Å²) in [4.78, 5) is 21.1. The molecule has 1 radical (unpaired) electrons. The number of aromatic amines is 1. The average Bonchev–Trinajstić information content (AvgIpc) is 3.59. The second-order valence-corrected chi connectivity index (χ2v) is 9.16. The molecule has 5 aromatic rings. The number of thiophene rings is 1. The van der Waals surface area contributed by atoms with Crippen LogP contribution in [0, 0.1) is 5.38 Å². The average molecular weight is 495 g/mol. The number of hydrogen-bond acceptors (Lipinski definition) is 6. The van der Waals surface area contributed by atoms with E-state index in [2.05, 4.69) is 30.9 Å². The molecule has 1 aliphatic rings. The van der Waals surface area contributed by atoms with E-state index in [-0.39, 0.29) is 11.6 Å². The van der Waals surface area contributed by atoms with Crippen molar-refractivity contribution in [1.82, 2.24) is 34.7 Å². The zero-order valence-corrected chi connectivity index (χ0v) is 19.2. The second-order valence-electron chi connectivity index (χ2n) is 7.66. The molecule has 0 aliphatic carbocycles. The molecule has 1 N–H and O–H groups in total. The monoisotopic (exact) mass is 494 g/mol. The van der Waals surface area contributed by atoms with Gasteiger partial charge in [-0.1, -0.05) is 23.2 Å². The van der Waals surface area contributed by atoms with Crippen LogP contribution in [-0.4, -0.2) is 34.7 Å². The van der Waals surface area contributed by atoms with Gasteiger partial charge in [-0.3, -0.25) is 4.79 Å². The summed E-state index contributed by atoms with van der Waals surface area (Å²) in [5.41, 5.74) is 4.74. The minimum absolute atomic E-state index is 0.120. The summed E-state index contributed by atoms with van der Waals surface area (Å²) < 4.78 is 3.33. The molecule has 33 heavy (non-hydrogen) atoms. The zero-order valence-electron chi connectivity index (χ0n) is 16.9. The van der Waals surface area contributed by atoms with Crippen molar-refractivity contribution >= 4 is 34.5 Å². The van der Waals surface area contributed by atoms with Crippen LogP contribution in [0.2, 0.25) is 10.2 Å². The van der Waals surface area contributed by atoms with Gasteiger partial charge in [0.1, 0.15) is 12.2 Å². The van der Waals surface area contributed by atoms with E-state index in [9.17, 15) is 4.79 Å². The quantitative estimate of drug-likeness (QED) is 0.394. The van der Waals surface area contributed by atoms with Gasteiger partial charge < -0.3 is 9.55 Å². The molecule has 0 fully saturated rings. The first-order chi connectivity index (χ1) is 16.1.